The van der Waals surface area contributed by atoms with Crippen molar-refractivity contribution in [2.24, 2.45) is 0 Å². The van der Waals surface area contributed by atoms with Gasteiger partial charge >= 0.3 is 0 Å². The lowest BCUT2D eigenvalue weighted by atomic mass is 10.3. The minimum Gasteiger partial charge on any atom is -0.465 e. The van der Waals surface area contributed by atoms with Gasteiger partial charge in [0.25, 0.3) is 0 Å². The van der Waals surface area contributed by atoms with Crippen LogP contribution in [0.1, 0.15) is 11.5 Å². The van der Waals surface area contributed by atoms with E-state index in [-0.39, 0.29) is 6.10 Å². The van der Waals surface area contributed by atoms with Gasteiger partial charge in [0, 0.05) is 13.1 Å². The molecular weight excluding hydrogens is 192 g/mol. The number of hydrogen-bond acceptors (Lipinski definition) is 4. The predicted molar refractivity (Wildman–Crippen MR) is 59.7 cm³/mol. The van der Waals surface area contributed by atoms with Crippen molar-refractivity contribution in [2.45, 2.75) is 19.6 Å². The van der Waals surface area contributed by atoms with Gasteiger partial charge in [0.2, 0.25) is 0 Å². The van der Waals surface area contributed by atoms with Gasteiger partial charge in [-0.3, -0.25) is 4.90 Å². The molecule has 4 nitrogen and oxygen atoms in total. The molecule has 1 rings (SSSR count). The number of likely N-dealkylation sites (N-methyl/N-ethyl adjacent to an activating group) is 2. The molecule has 1 aromatic heterocycles. The van der Waals surface area contributed by atoms with E-state index in [1.165, 1.54) is 0 Å². The Morgan fingerprint density at radius 1 is 1.53 bits per heavy atom. The molecule has 1 unspecified atom stereocenters. The minimum atomic E-state index is -0.337. The van der Waals surface area contributed by atoms with Crippen LogP contribution in [0.4, 0.5) is 0 Å². The molecule has 86 valence electrons. The van der Waals surface area contributed by atoms with Crippen LogP contribution in [0, 0.1) is 6.92 Å². The summed E-state index contributed by atoms with van der Waals surface area (Å²) in [6.45, 7) is 3.91. The maximum atomic E-state index is 9.57. The van der Waals surface area contributed by atoms with Crippen LogP contribution >= 0.6 is 0 Å². The van der Waals surface area contributed by atoms with Crippen molar-refractivity contribution < 1.29 is 9.52 Å². The third kappa shape index (κ3) is 4.46. The molecule has 0 fully saturated rings. The van der Waals surface area contributed by atoms with Gasteiger partial charge in [-0.2, -0.15) is 0 Å². The lowest BCUT2D eigenvalue weighted by molar-refractivity contribution is 0.119. The van der Waals surface area contributed by atoms with E-state index in [9.17, 15) is 5.11 Å². The summed E-state index contributed by atoms with van der Waals surface area (Å²) in [5, 5.41) is 12.5. The molecular formula is C11H20N2O2. The summed E-state index contributed by atoms with van der Waals surface area (Å²) in [5.41, 5.74) is 0. The second-order valence-electron chi connectivity index (χ2n) is 3.92. The molecule has 0 radical (unpaired) electrons. The molecule has 0 amide bonds. The van der Waals surface area contributed by atoms with Gasteiger partial charge in [-0.15, -0.1) is 0 Å². The number of aliphatic hydroxyl groups is 1. The van der Waals surface area contributed by atoms with Crippen molar-refractivity contribution in [2.75, 3.05) is 27.2 Å². The number of rotatable bonds is 6. The zero-order valence-corrected chi connectivity index (χ0v) is 9.66. The summed E-state index contributed by atoms with van der Waals surface area (Å²) >= 11 is 0. The maximum Gasteiger partial charge on any atom is 0.118 e. The highest BCUT2D eigenvalue weighted by Gasteiger charge is 2.09. The number of nitrogens with one attached hydrogen (secondary N) is 1. The average molecular weight is 212 g/mol. The molecule has 0 aliphatic carbocycles. The van der Waals surface area contributed by atoms with E-state index >= 15 is 0 Å². The maximum absolute atomic E-state index is 9.57. The molecule has 0 aromatic carbocycles. The quantitative estimate of drug-likeness (QED) is 0.725. The van der Waals surface area contributed by atoms with E-state index in [4.69, 9.17) is 4.42 Å². The van der Waals surface area contributed by atoms with Crippen molar-refractivity contribution in [3.63, 3.8) is 0 Å². The Bertz CT molecular complexity index is 286. The molecule has 2 N–H and O–H groups in total. The third-order valence-corrected chi connectivity index (χ3v) is 2.18. The SMILES string of the molecule is CNCC(O)CN(C)Cc1ccc(C)o1. The van der Waals surface area contributed by atoms with Gasteiger partial charge in [-0.25, -0.2) is 0 Å². The Morgan fingerprint density at radius 2 is 2.27 bits per heavy atom. The monoisotopic (exact) mass is 212 g/mol. The fourth-order valence-electron chi connectivity index (χ4n) is 1.56. The summed E-state index contributed by atoms with van der Waals surface area (Å²) in [6, 6.07) is 3.92. The van der Waals surface area contributed by atoms with Crippen LogP contribution in [0.15, 0.2) is 16.5 Å². The van der Waals surface area contributed by atoms with Crippen molar-refractivity contribution in [1.29, 1.82) is 0 Å². The molecule has 0 saturated carbocycles. The van der Waals surface area contributed by atoms with Crippen molar-refractivity contribution in [3.05, 3.63) is 23.7 Å². The smallest absolute Gasteiger partial charge is 0.118 e. The second kappa shape index (κ2) is 5.90. The van der Waals surface area contributed by atoms with Crippen LogP contribution in [0.25, 0.3) is 0 Å². The molecule has 1 atom stereocenters. The lowest BCUT2D eigenvalue weighted by Gasteiger charge is -2.19. The fourth-order valence-corrected chi connectivity index (χ4v) is 1.56. The van der Waals surface area contributed by atoms with Crippen LogP contribution in [0.5, 0.6) is 0 Å². The molecule has 0 aliphatic heterocycles. The first-order valence-electron chi connectivity index (χ1n) is 5.18. The Kier molecular flexibility index (Phi) is 4.81. The Balaban J connectivity index is 2.32. The van der Waals surface area contributed by atoms with E-state index in [1.807, 2.05) is 38.1 Å². The van der Waals surface area contributed by atoms with Crippen molar-refractivity contribution in [1.82, 2.24) is 10.2 Å². The highest BCUT2D eigenvalue weighted by molar-refractivity contribution is 5.05. The Labute approximate surface area is 90.9 Å². The van der Waals surface area contributed by atoms with Gasteiger partial charge in [0.05, 0.1) is 12.6 Å². The Hall–Kier alpha value is -0.840. The number of aliphatic hydroxyl groups excluding tert-OH is 1. The molecule has 0 bridgehead atoms. The largest absolute Gasteiger partial charge is 0.465 e. The fraction of sp³-hybridized carbons (Fsp3) is 0.636. The van der Waals surface area contributed by atoms with Crippen LogP contribution in [0.3, 0.4) is 0 Å². The van der Waals surface area contributed by atoms with Gasteiger partial charge < -0.3 is 14.8 Å². The van der Waals surface area contributed by atoms with Gasteiger partial charge in [0.15, 0.2) is 0 Å². The molecule has 4 heteroatoms. The van der Waals surface area contributed by atoms with Crippen LogP contribution < -0.4 is 5.32 Å². The van der Waals surface area contributed by atoms with Crippen LogP contribution in [-0.2, 0) is 6.54 Å². The first-order chi connectivity index (χ1) is 7.11. The molecule has 0 aliphatic rings. The van der Waals surface area contributed by atoms with E-state index < -0.39 is 0 Å². The van der Waals surface area contributed by atoms with E-state index in [0.717, 1.165) is 18.1 Å². The summed E-state index contributed by atoms with van der Waals surface area (Å²) in [5.74, 6) is 1.86. The average Bonchev–Trinajstić information content (AvgIpc) is 2.51. The molecule has 0 saturated heterocycles. The number of nitrogens with zero attached hydrogens (tertiary/aromatic N) is 1. The number of aryl methyl sites for hydroxylation is 1. The highest BCUT2D eigenvalue weighted by atomic mass is 16.3. The second-order valence-corrected chi connectivity index (χ2v) is 3.92. The zero-order chi connectivity index (χ0) is 11.3. The van der Waals surface area contributed by atoms with E-state index in [1.54, 1.807) is 0 Å². The summed E-state index contributed by atoms with van der Waals surface area (Å²) in [6.07, 6.45) is -0.337. The highest BCUT2D eigenvalue weighted by Crippen LogP contribution is 2.08. The minimum absolute atomic E-state index is 0.337. The molecule has 1 aromatic rings. The van der Waals surface area contributed by atoms with E-state index in [0.29, 0.717) is 13.1 Å². The van der Waals surface area contributed by atoms with Gasteiger partial charge in [-0.05, 0) is 33.2 Å². The molecule has 1 heterocycles. The zero-order valence-electron chi connectivity index (χ0n) is 9.66. The van der Waals surface area contributed by atoms with Crippen LogP contribution in [0.2, 0.25) is 0 Å². The summed E-state index contributed by atoms with van der Waals surface area (Å²) in [7, 11) is 3.80. The third-order valence-electron chi connectivity index (χ3n) is 2.18. The van der Waals surface area contributed by atoms with Gasteiger partial charge in [0.1, 0.15) is 11.5 Å². The van der Waals surface area contributed by atoms with Gasteiger partial charge in [-0.1, -0.05) is 0 Å². The van der Waals surface area contributed by atoms with E-state index in [2.05, 4.69) is 5.32 Å². The van der Waals surface area contributed by atoms with Crippen molar-refractivity contribution in [3.8, 4) is 0 Å². The normalized spacial score (nSPS) is 13.4. The summed E-state index contributed by atoms with van der Waals surface area (Å²) < 4.78 is 5.46. The molecule has 15 heavy (non-hydrogen) atoms. The van der Waals surface area contributed by atoms with Crippen molar-refractivity contribution >= 4 is 0 Å². The van der Waals surface area contributed by atoms with Crippen LogP contribution in [-0.4, -0.2) is 43.3 Å². The summed E-state index contributed by atoms with van der Waals surface area (Å²) in [4.78, 5) is 2.04. The topological polar surface area (TPSA) is 48.6 Å². The standard InChI is InChI=1S/C11H20N2O2/c1-9-4-5-11(15-9)8-13(3)7-10(14)6-12-2/h4-5,10,12,14H,6-8H2,1-3H3. The lowest BCUT2D eigenvalue weighted by Crippen LogP contribution is -2.35. The number of hydrogen-bond donors (Lipinski definition) is 2. The molecule has 0 spiro atoms. The first-order valence-corrected chi connectivity index (χ1v) is 5.18. The Morgan fingerprint density at radius 3 is 2.80 bits per heavy atom. The number of furan rings is 1. The first kappa shape index (κ1) is 12.2. The predicted octanol–water partition coefficient (Wildman–Crippen LogP) is 0.600.